The fraction of sp³-hybridized carbons (Fsp3) is 0.364. The highest BCUT2D eigenvalue weighted by Gasteiger charge is 2.23. The highest BCUT2D eigenvalue weighted by atomic mass is 16.4. The molecular formula is C11H11N3O2. The van der Waals surface area contributed by atoms with Crippen molar-refractivity contribution in [2.75, 3.05) is 0 Å². The molecule has 1 saturated carbocycles. The van der Waals surface area contributed by atoms with E-state index in [2.05, 4.69) is 10.1 Å². The van der Waals surface area contributed by atoms with Gasteiger partial charge in [-0.15, -0.1) is 0 Å². The summed E-state index contributed by atoms with van der Waals surface area (Å²) < 4.78 is 1.55. The largest absolute Gasteiger partial charge is 0.478 e. The van der Waals surface area contributed by atoms with E-state index < -0.39 is 5.97 Å². The molecule has 0 aliphatic heterocycles. The summed E-state index contributed by atoms with van der Waals surface area (Å²) in [7, 11) is 0. The van der Waals surface area contributed by atoms with E-state index in [4.69, 9.17) is 5.11 Å². The van der Waals surface area contributed by atoms with Gasteiger partial charge in [-0.3, -0.25) is 0 Å². The van der Waals surface area contributed by atoms with Crippen LogP contribution in [-0.4, -0.2) is 25.7 Å². The fourth-order valence-corrected chi connectivity index (χ4v) is 1.87. The molecule has 0 unspecified atom stereocenters. The summed E-state index contributed by atoms with van der Waals surface area (Å²) in [5.41, 5.74) is 0.949. The van der Waals surface area contributed by atoms with Crippen molar-refractivity contribution in [1.29, 1.82) is 0 Å². The second-order valence-corrected chi connectivity index (χ2v) is 4.12. The molecule has 16 heavy (non-hydrogen) atoms. The number of carbonyl (C=O) groups is 1. The van der Waals surface area contributed by atoms with Crippen LogP contribution in [0.3, 0.4) is 0 Å². The first-order chi connectivity index (χ1) is 7.74. The zero-order chi connectivity index (χ0) is 11.1. The lowest BCUT2D eigenvalue weighted by Crippen LogP contribution is -2.10. The van der Waals surface area contributed by atoms with Crippen LogP contribution in [0.2, 0.25) is 0 Å². The van der Waals surface area contributed by atoms with Crippen LogP contribution < -0.4 is 0 Å². The van der Waals surface area contributed by atoms with Gasteiger partial charge in [0.1, 0.15) is 0 Å². The zero-order valence-electron chi connectivity index (χ0n) is 8.63. The number of hydrogen-bond acceptors (Lipinski definition) is 3. The van der Waals surface area contributed by atoms with Gasteiger partial charge in [0.05, 0.1) is 5.56 Å². The molecule has 1 aliphatic rings. The van der Waals surface area contributed by atoms with Gasteiger partial charge in [-0.1, -0.05) is 6.42 Å². The molecule has 2 aromatic heterocycles. The molecule has 0 atom stereocenters. The highest BCUT2D eigenvalue weighted by Crippen LogP contribution is 2.34. The van der Waals surface area contributed by atoms with Gasteiger partial charge in [0.15, 0.2) is 11.5 Å². The molecule has 2 aromatic rings. The number of aromatic nitrogens is 3. The average molecular weight is 217 g/mol. The Bertz CT molecular complexity index is 557. The number of fused-ring (bicyclic) bond motifs is 1. The van der Waals surface area contributed by atoms with E-state index in [-0.39, 0.29) is 5.56 Å². The molecule has 0 bridgehead atoms. The lowest BCUT2D eigenvalue weighted by Gasteiger charge is -2.21. The molecule has 0 aromatic carbocycles. The van der Waals surface area contributed by atoms with Crippen LogP contribution in [0.4, 0.5) is 0 Å². The standard InChI is InChI=1S/C11H11N3O2/c15-11(16)8-4-5-9-12-10(7-2-1-3-7)13-14(9)6-8/h4-7H,1-3H2,(H,15,16). The maximum Gasteiger partial charge on any atom is 0.337 e. The van der Waals surface area contributed by atoms with E-state index in [1.54, 1.807) is 16.6 Å². The zero-order valence-corrected chi connectivity index (χ0v) is 8.63. The Labute approximate surface area is 91.7 Å². The van der Waals surface area contributed by atoms with Gasteiger partial charge in [-0.25, -0.2) is 14.3 Å². The fourth-order valence-electron chi connectivity index (χ4n) is 1.87. The summed E-state index contributed by atoms with van der Waals surface area (Å²) in [6.45, 7) is 0. The number of pyridine rings is 1. The summed E-state index contributed by atoms with van der Waals surface area (Å²) in [4.78, 5) is 15.2. The van der Waals surface area contributed by atoms with Crippen molar-refractivity contribution in [2.24, 2.45) is 0 Å². The number of aromatic carboxylic acids is 1. The van der Waals surface area contributed by atoms with Crippen LogP contribution >= 0.6 is 0 Å². The summed E-state index contributed by atoms with van der Waals surface area (Å²) >= 11 is 0. The summed E-state index contributed by atoms with van der Waals surface area (Å²) in [6.07, 6.45) is 5.03. The van der Waals surface area contributed by atoms with Gasteiger partial charge in [0, 0.05) is 12.1 Å². The van der Waals surface area contributed by atoms with Gasteiger partial charge in [0.25, 0.3) is 0 Å². The number of hydrogen-bond donors (Lipinski definition) is 1. The molecule has 5 heteroatoms. The Hall–Kier alpha value is -1.91. The van der Waals surface area contributed by atoms with Crippen molar-refractivity contribution >= 4 is 11.6 Å². The Morgan fingerprint density at radius 1 is 1.44 bits per heavy atom. The Kier molecular flexibility index (Phi) is 1.92. The van der Waals surface area contributed by atoms with E-state index in [1.807, 2.05) is 0 Å². The quantitative estimate of drug-likeness (QED) is 0.831. The molecule has 0 saturated heterocycles. The van der Waals surface area contributed by atoms with Crippen LogP contribution in [-0.2, 0) is 0 Å². The van der Waals surface area contributed by atoms with E-state index >= 15 is 0 Å². The van der Waals surface area contributed by atoms with E-state index in [9.17, 15) is 4.79 Å². The molecular weight excluding hydrogens is 206 g/mol. The normalized spacial score (nSPS) is 16.2. The SMILES string of the molecule is O=C(O)c1ccc2nc(C3CCC3)nn2c1. The van der Waals surface area contributed by atoms with Crippen LogP contribution in [0, 0.1) is 0 Å². The lowest BCUT2D eigenvalue weighted by molar-refractivity contribution is 0.0696. The van der Waals surface area contributed by atoms with Gasteiger partial charge in [-0.05, 0) is 25.0 Å². The van der Waals surface area contributed by atoms with Crippen molar-refractivity contribution in [3.63, 3.8) is 0 Å². The minimum Gasteiger partial charge on any atom is -0.478 e. The topological polar surface area (TPSA) is 67.5 Å². The number of carboxylic acids is 1. The lowest BCUT2D eigenvalue weighted by atomic mass is 9.85. The van der Waals surface area contributed by atoms with E-state index in [0.717, 1.165) is 18.7 Å². The Balaban J connectivity index is 2.06. The van der Waals surface area contributed by atoms with Crippen molar-refractivity contribution in [3.05, 3.63) is 29.7 Å². The molecule has 2 heterocycles. The molecule has 5 nitrogen and oxygen atoms in total. The smallest absolute Gasteiger partial charge is 0.337 e. The van der Waals surface area contributed by atoms with Crippen LogP contribution in [0.25, 0.3) is 5.65 Å². The average Bonchev–Trinajstić information content (AvgIpc) is 2.56. The predicted molar refractivity (Wildman–Crippen MR) is 56.5 cm³/mol. The van der Waals surface area contributed by atoms with Gasteiger partial charge in [-0.2, -0.15) is 5.10 Å². The molecule has 0 radical (unpaired) electrons. The first-order valence-electron chi connectivity index (χ1n) is 5.33. The van der Waals surface area contributed by atoms with E-state index in [1.165, 1.54) is 12.6 Å². The first-order valence-corrected chi connectivity index (χ1v) is 5.33. The molecule has 1 aliphatic carbocycles. The minimum atomic E-state index is -0.942. The van der Waals surface area contributed by atoms with Crippen molar-refractivity contribution in [3.8, 4) is 0 Å². The third-order valence-corrected chi connectivity index (χ3v) is 3.06. The third-order valence-electron chi connectivity index (χ3n) is 3.06. The first kappa shape index (κ1) is 9.33. The second-order valence-electron chi connectivity index (χ2n) is 4.12. The maximum absolute atomic E-state index is 10.8. The summed E-state index contributed by atoms with van der Waals surface area (Å²) in [6, 6.07) is 3.25. The Morgan fingerprint density at radius 2 is 2.25 bits per heavy atom. The van der Waals surface area contributed by atoms with Crippen molar-refractivity contribution in [2.45, 2.75) is 25.2 Å². The molecule has 1 fully saturated rings. The number of nitrogens with zero attached hydrogens (tertiary/aromatic N) is 3. The minimum absolute atomic E-state index is 0.234. The van der Waals surface area contributed by atoms with Gasteiger partial charge < -0.3 is 5.11 Å². The number of carboxylic acid groups (broad SMARTS) is 1. The third kappa shape index (κ3) is 1.36. The molecule has 3 rings (SSSR count). The molecule has 0 spiro atoms. The van der Waals surface area contributed by atoms with E-state index in [0.29, 0.717) is 11.6 Å². The van der Waals surface area contributed by atoms with Crippen molar-refractivity contribution < 1.29 is 9.90 Å². The van der Waals surface area contributed by atoms with Crippen LogP contribution in [0.5, 0.6) is 0 Å². The molecule has 0 amide bonds. The van der Waals surface area contributed by atoms with Gasteiger partial charge in [0.2, 0.25) is 0 Å². The maximum atomic E-state index is 10.8. The van der Waals surface area contributed by atoms with Crippen molar-refractivity contribution in [1.82, 2.24) is 14.6 Å². The van der Waals surface area contributed by atoms with Gasteiger partial charge >= 0.3 is 5.97 Å². The summed E-state index contributed by atoms with van der Waals surface area (Å²) in [5.74, 6) is 0.365. The monoisotopic (exact) mass is 217 g/mol. The number of rotatable bonds is 2. The second kappa shape index (κ2) is 3.30. The highest BCUT2D eigenvalue weighted by molar-refractivity contribution is 5.87. The van der Waals surface area contributed by atoms with Crippen LogP contribution in [0.15, 0.2) is 18.3 Å². The summed E-state index contributed by atoms with van der Waals surface area (Å²) in [5, 5.41) is 13.2. The Morgan fingerprint density at radius 3 is 2.88 bits per heavy atom. The molecule has 82 valence electrons. The van der Waals surface area contributed by atoms with Crippen LogP contribution in [0.1, 0.15) is 41.4 Å². The molecule has 1 N–H and O–H groups in total. The predicted octanol–water partition coefficient (Wildman–Crippen LogP) is 1.69.